The van der Waals surface area contributed by atoms with Crippen molar-refractivity contribution in [3.05, 3.63) is 16.6 Å². The van der Waals surface area contributed by atoms with Crippen molar-refractivity contribution in [1.82, 2.24) is 15.6 Å². The predicted octanol–water partition coefficient (Wildman–Crippen LogP) is 1.80. The molecule has 2 atom stereocenters. The lowest BCUT2D eigenvalue weighted by Gasteiger charge is -2.16. The van der Waals surface area contributed by atoms with E-state index in [2.05, 4.69) is 15.6 Å². The van der Waals surface area contributed by atoms with Crippen molar-refractivity contribution in [2.75, 3.05) is 6.54 Å². The average Bonchev–Trinajstić information content (AvgIpc) is 2.88. The Morgan fingerprint density at radius 2 is 2.26 bits per heavy atom. The molecule has 0 saturated carbocycles. The number of aromatic nitrogens is 1. The number of hydrogen-bond acceptors (Lipinski definition) is 4. The number of thiazole rings is 1. The summed E-state index contributed by atoms with van der Waals surface area (Å²) >= 11 is 1.55. The number of hydrogen-bond donors (Lipinski definition) is 3. The zero-order chi connectivity index (χ0) is 14.3. The van der Waals surface area contributed by atoms with Crippen molar-refractivity contribution < 1.29 is 14.7 Å². The second kappa shape index (κ2) is 7.73. The van der Waals surface area contributed by atoms with Crippen LogP contribution in [-0.2, 0) is 4.79 Å². The van der Waals surface area contributed by atoms with Gasteiger partial charge in [0, 0.05) is 30.1 Å². The lowest BCUT2D eigenvalue weighted by Crippen LogP contribution is -2.43. The fourth-order valence-electron chi connectivity index (χ4n) is 1.56. The van der Waals surface area contributed by atoms with Gasteiger partial charge in [-0.15, -0.1) is 11.3 Å². The maximum absolute atomic E-state index is 11.6. The second-order valence-corrected chi connectivity index (χ2v) is 5.25. The molecule has 1 heterocycles. The number of carbonyl (C=O) groups is 2. The number of amides is 2. The summed E-state index contributed by atoms with van der Waals surface area (Å²) in [5, 5.41) is 16.9. The molecule has 19 heavy (non-hydrogen) atoms. The quantitative estimate of drug-likeness (QED) is 0.712. The van der Waals surface area contributed by atoms with Crippen molar-refractivity contribution in [3.8, 4) is 0 Å². The Hall–Kier alpha value is -1.63. The van der Waals surface area contributed by atoms with Crippen molar-refractivity contribution >= 4 is 23.3 Å². The van der Waals surface area contributed by atoms with Crippen LogP contribution in [0.4, 0.5) is 4.79 Å². The highest BCUT2D eigenvalue weighted by Gasteiger charge is 2.15. The van der Waals surface area contributed by atoms with E-state index in [4.69, 9.17) is 5.11 Å². The molecule has 106 valence electrons. The van der Waals surface area contributed by atoms with Crippen molar-refractivity contribution in [2.24, 2.45) is 0 Å². The first-order valence-corrected chi connectivity index (χ1v) is 7.06. The number of carboxylic acid groups (broad SMARTS) is 1. The van der Waals surface area contributed by atoms with Gasteiger partial charge in [0.1, 0.15) is 0 Å². The van der Waals surface area contributed by atoms with Gasteiger partial charge in [-0.1, -0.05) is 13.8 Å². The number of nitrogens with one attached hydrogen (secondary N) is 2. The van der Waals surface area contributed by atoms with Crippen LogP contribution in [0.3, 0.4) is 0 Å². The minimum atomic E-state index is -0.914. The molecule has 2 amide bonds. The van der Waals surface area contributed by atoms with E-state index in [0.29, 0.717) is 13.0 Å². The molecule has 3 N–H and O–H groups in total. The molecule has 2 unspecified atom stereocenters. The standard InChI is InChI=1S/C12H19N3O3S/c1-3-9(6-10(16)17)15-12(18)14-7-8(2)11-13-4-5-19-11/h4-5,8-9H,3,6-7H2,1-2H3,(H,16,17)(H2,14,15,18). The van der Waals surface area contributed by atoms with Gasteiger partial charge >= 0.3 is 12.0 Å². The summed E-state index contributed by atoms with van der Waals surface area (Å²) < 4.78 is 0. The molecule has 1 rings (SSSR count). The first kappa shape index (κ1) is 15.4. The number of urea groups is 1. The van der Waals surface area contributed by atoms with Gasteiger partial charge in [-0.25, -0.2) is 9.78 Å². The summed E-state index contributed by atoms with van der Waals surface area (Å²) in [4.78, 5) is 26.4. The highest BCUT2D eigenvalue weighted by Crippen LogP contribution is 2.16. The van der Waals surface area contributed by atoms with E-state index in [1.807, 2.05) is 19.2 Å². The normalized spacial score (nSPS) is 13.6. The van der Waals surface area contributed by atoms with Crippen LogP contribution in [0, 0.1) is 0 Å². The van der Waals surface area contributed by atoms with Gasteiger partial charge in [0.2, 0.25) is 0 Å². The van der Waals surface area contributed by atoms with Crippen LogP contribution in [0.5, 0.6) is 0 Å². The van der Waals surface area contributed by atoms with Gasteiger partial charge in [-0.05, 0) is 6.42 Å². The fourth-order valence-corrected chi connectivity index (χ4v) is 2.25. The molecule has 0 aliphatic rings. The summed E-state index contributed by atoms with van der Waals surface area (Å²) in [5.41, 5.74) is 0. The van der Waals surface area contributed by atoms with Crippen LogP contribution in [0.1, 0.15) is 37.6 Å². The van der Waals surface area contributed by atoms with E-state index in [9.17, 15) is 9.59 Å². The first-order valence-electron chi connectivity index (χ1n) is 6.18. The molecular formula is C12H19N3O3S. The van der Waals surface area contributed by atoms with Crippen molar-refractivity contribution in [1.29, 1.82) is 0 Å². The Kier molecular flexibility index (Phi) is 6.27. The van der Waals surface area contributed by atoms with Crippen molar-refractivity contribution in [3.63, 3.8) is 0 Å². The van der Waals surface area contributed by atoms with Crippen LogP contribution < -0.4 is 10.6 Å². The lowest BCUT2D eigenvalue weighted by atomic mass is 10.1. The molecule has 1 aromatic rings. The van der Waals surface area contributed by atoms with E-state index in [0.717, 1.165) is 5.01 Å². The SMILES string of the molecule is CCC(CC(=O)O)NC(=O)NCC(C)c1nccs1. The highest BCUT2D eigenvalue weighted by molar-refractivity contribution is 7.09. The molecule has 1 aromatic heterocycles. The summed E-state index contributed by atoms with van der Waals surface area (Å²) in [6, 6.07) is -0.677. The second-order valence-electron chi connectivity index (χ2n) is 4.33. The predicted molar refractivity (Wildman–Crippen MR) is 73.4 cm³/mol. The molecule has 0 fully saturated rings. The van der Waals surface area contributed by atoms with E-state index < -0.39 is 5.97 Å². The van der Waals surface area contributed by atoms with Crippen LogP contribution in [0.15, 0.2) is 11.6 Å². The van der Waals surface area contributed by atoms with E-state index >= 15 is 0 Å². The molecule has 0 aliphatic carbocycles. The zero-order valence-electron chi connectivity index (χ0n) is 11.0. The number of carbonyl (C=O) groups excluding carboxylic acids is 1. The fraction of sp³-hybridized carbons (Fsp3) is 0.583. The third-order valence-corrected chi connectivity index (χ3v) is 3.70. The molecule has 6 nitrogen and oxygen atoms in total. The topological polar surface area (TPSA) is 91.3 Å². The van der Waals surface area contributed by atoms with Crippen LogP contribution >= 0.6 is 11.3 Å². The van der Waals surface area contributed by atoms with E-state index in [-0.39, 0.29) is 24.4 Å². The monoisotopic (exact) mass is 285 g/mol. The molecule has 0 aliphatic heterocycles. The van der Waals surface area contributed by atoms with E-state index in [1.165, 1.54) is 0 Å². The first-order chi connectivity index (χ1) is 9.02. The van der Waals surface area contributed by atoms with Crippen molar-refractivity contribution in [2.45, 2.75) is 38.6 Å². The molecule has 0 aromatic carbocycles. The molecule has 7 heteroatoms. The Morgan fingerprint density at radius 3 is 2.79 bits per heavy atom. The number of rotatable bonds is 7. The number of carboxylic acids is 1. The molecule has 0 saturated heterocycles. The van der Waals surface area contributed by atoms with Gasteiger partial charge in [0.15, 0.2) is 0 Å². The molecule has 0 bridgehead atoms. The summed E-state index contributed by atoms with van der Waals surface area (Å²) in [7, 11) is 0. The van der Waals surface area contributed by atoms with Gasteiger partial charge in [-0.3, -0.25) is 4.79 Å². The third-order valence-electron chi connectivity index (χ3n) is 2.69. The minimum Gasteiger partial charge on any atom is -0.481 e. The van der Waals surface area contributed by atoms with Crippen LogP contribution in [0.2, 0.25) is 0 Å². The minimum absolute atomic E-state index is 0.0635. The highest BCUT2D eigenvalue weighted by atomic mass is 32.1. The molecule has 0 spiro atoms. The maximum atomic E-state index is 11.6. The smallest absolute Gasteiger partial charge is 0.315 e. The number of nitrogens with zero attached hydrogens (tertiary/aromatic N) is 1. The largest absolute Gasteiger partial charge is 0.481 e. The van der Waals surface area contributed by atoms with Crippen LogP contribution in [0.25, 0.3) is 0 Å². The van der Waals surface area contributed by atoms with Gasteiger partial charge in [0.05, 0.1) is 11.4 Å². The van der Waals surface area contributed by atoms with E-state index in [1.54, 1.807) is 17.5 Å². The van der Waals surface area contributed by atoms with Gasteiger partial charge in [0.25, 0.3) is 0 Å². The van der Waals surface area contributed by atoms with Gasteiger partial charge in [-0.2, -0.15) is 0 Å². The summed E-state index contributed by atoms with van der Waals surface area (Å²) in [6.45, 7) is 4.29. The Labute approximate surface area is 116 Å². The Morgan fingerprint density at radius 1 is 1.53 bits per heavy atom. The summed E-state index contributed by atoms with van der Waals surface area (Å²) in [5.74, 6) is -0.770. The average molecular weight is 285 g/mol. The zero-order valence-corrected chi connectivity index (χ0v) is 11.9. The maximum Gasteiger partial charge on any atom is 0.315 e. The Balaban J connectivity index is 2.32. The molecular weight excluding hydrogens is 266 g/mol. The molecule has 0 radical (unpaired) electrons. The van der Waals surface area contributed by atoms with Crippen LogP contribution in [-0.4, -0.2) is 34.7 Å². The third kappa shape index (κ3) is 5.69. The Bertz CT molecular complexity index is 408. The summed E-state index contributed by atoms with van der Waals surface area (Å²) in [6.07, 6.45) is 2.25. The van der Waals surface area contributed by atoms with Gasteiger partial charge < -0.3 is 15.7 Å². The number of aliphatic carboxylic acids is 1. The lowest BCUT2D eigenvalue weighted by molar-refractivity contribution is -0.137.